The van der Waals surface area contributed by atoms with Crippen LogP contribution in [0.5, 0.6) is 0 Å². The van der Waals surface area contributed by atoms with Gasteiger partial charge in [0.05, 0.1) is 6.07 Å². The van der Waals surface area contributed by atoms with E-state index in [4.69, 9.17) is 5.26 Å². The highest BCUT2D eigenvalue weighted by atomic mass is 16.1. The minimum atomic E-state index is -0.597. The van der Waals surface area contributed by atoms with Gasteiger partial charge in [0.15, 0.2) is 0 Å². The van der Waals surface area contributed by atoms with Gasteiger partial charge in [-0.05, 0) is 30.0 Å². The van der Waals surface area contributed by atoms with Crippen molar-refractivity contribution in [1.82, 2.24) is 0 Å². The van der Waals surface area contributed by atoms with E-state index >= 15 is 0 Å². The molecule has 18 heavy (non-hydrogen) atoms. The van der Waals surface area contributed by atoms with Gasteiger partial charge in [-0.15, -0.1) is 0 Å². The van der Waals surface area contributed by atoms with Crippen molar-refractivity contribution < 1.29 is 4.79 Å². The molecule has 0 aliphatic heterocycles. The molecule has 0 saturated carbocycles. The van der Waals surface area contributed by atoms with Crippen molar-refractivity contribution in [2.75, 3.05) is 5.32 Å². The fourth-order valence-electron chi connectivity index (χ4n) is 1.77. The molecule has 0 fully saturated rings. The summed E-state index contributed by atoms with van der Waals surface area (Å²) in [6, 6.07) is 9.83. The van der Waals surface area contributed by atoms with Crippen LogP contribution in [0.4, 0.5) is 5.69 Å². The second kappa shape index (κ2) is 6.80. The van der Waals surface area contributed by atoms with Crippen LogP contribution in [0.2, 0.25) is 0 Å². The molecule has 1 aromatic rings. The van der Waals surface area contributed by atoms with E-state index in [1.54, 1.807) is 0 Å². The van der Waals surface area contributed by atoms with Gasteiger partial charge in [-0.3, -0.25) is 4.79 Å². The first kappa shape index (κ1) is 14.2. The average Bonchev–Trinajstić information content (AvgIpc) is 2.32. The van der Waals surface area contributed by atoms with Crippen molar-refractivity contribution in [2.24, 2.45) is 11.8 Å². The molecular formula is C15H20N2O. The minimum absolute atomic E-state index is 0.0226. The van der Waals surface area contributed by atoms with E-state index in [0.29, 0.717) is 0 Å². The number of benzene rings is 1. The van der Waals surface area contributed by atoms with Crippen molar-refractivity contribution in [2.45, 2.75) is 33.6 Å². The Morgan fingerprint density at radius 3 is 2.39 bits per heavy atom. The molecule has 0 saturated heterocycles. The Hall–Kier alpha value is -1.82. The normalized spacial score (nSPS) is 11.9. The zero-order chi connectivity index (χ0) is 13.5. The van der Waals surface area contributed by atoms with Gasteiger partial charge in [0.25, 0.3) is 0 Å². The standard InChI is InChI=1S/C15H20N2O/c1-4-5-12-6-8-13(9-7-12)17-15(18)14(10-16)11(2)3/h6-9,11,14H,4-5H2,1-3H3,(H,17,18). The fraction of sp³-hybridized carbons (Fsp3) is 0.467. The Morgan fingerprint density at radius 1 is 1.33 bits per heavy atom. The van der Waals surface area contributed by atoms with Gasteiger partial charge in [0.1, 0.15) is 5.92 Å². The minimum Gasteiger partial charge on any atom is -0.325 e. The summed E-state index contributed by atoms with van der Waals surface area (Å²) in [4.78, 5) is 11.9. The van der Waals surface area contributed by atoms with Crippen molar-refractivity contribution in [3.05, 3.63) is 29.8 Å². The highest BCUT2D eigenvalue weighted by Crippen LogP contribution is 2.15. The van der Waals surface area contributed by atoms with Crippen molar-refractivity contribution in [3.63, 3.8) is 0 Å². The summed E-state index contributed by atoms with van der Waals surface area (Å²) >= 11 is 0. The third-order valence-corrected chi connectivity index (χ3v) is 2.85. The zero-order valence-corrected chi connectivity index (χ0v) is 11.2. The zero-order valence-electron chi connectivity index (χ0n) is 11.2. The molecule has 1 unspecified atom stereocenters. The summed E-state index contributed by atoms with van der Waals surface area (Å²) in [7, 11) is 0. The predicted octanol–water partition coefficient (Wildman–Crippen LogP) is 3.37. The van der Waals surface area contributed by atoms with Crippen molar-refractivity contribution in [3.8, 4) is 6.07 Å². The van der Waals surface area contributed by atoms with Gasteiger partial charge in [-0.1, -0.05) is 39.3 Å². The highest BCUT2D eigenvalue weighted by molar-refractivity contribution is 5.94. The topological polar surface area (TPSA) is 52.9 Å². The molecule has 0 aliphatic rings. The van der Waals surface area contributed by atoms with Crippen LogP contribution >= 0.6 is 0 Å². The summed E-state index contributed by atoms with van der Waals surface area (Å²) < 4.78 is 0. The van der Waals surface area contributed by atoms with E-state index in [1.807, 2.05) is 44.2 Å². The maximum absolute atomic E-state index is 11.9. The number of anilines is 1. The molecule has 1 amide bonds. The number of nitrogens with zero attached hydrogens (tertiary/aromatic N) is 1. The van der Waals surface area contributed by atoms with Gasteiger partial charge in [-0.2, -0.15) is 5.26 Å². The lowest BCUT2D eigenvalue weighted by Gasteiger charge is -2.13. The molecule has 0 aliphatic carbocycles. The van der Waals surface area contributed by atoms with Crippen LogP contribution in [0.15, 0.2) is 24.3 Å². The number of amides is 1. The van der Waals surface area contributed by atoms with E-state index in [-0.39, 0.29) is 11.8 Å². The number of hydrogen-bond acceptors (Lipinski definition) is 2. The second-order valence-electron chi connectivity index (χ2n) is 4.79. The molecule has 3 heteroatoms. The summed E-state index contributed by atoms with van der Waals surface area (Å²) in [6.07, 6.45) is 2.15. The quantitative estimate of drug-likeness (QED) is 0.863. The molecule has 96 valence electrons. The lowest BCUT2D eigenvalue weighted by molar-refractivity contribution is -0.119. The van der Waals surface area contributed by atoms with Gasteiger partial charge >= 0.3 is 0 Å². The highest BCUT2D eigenvalue weighted by Gasteiger charge is 2.21. The van der Waals surface area contributed by atoms with Gasteiger partial charge in [0, 0.05) is 5.69 Å². The van der Waals surface area contributed by atoms with Crippen LogP contribution in [-0.4, -0.2) is 5.91 Å². The maximum atomic E-state index is 11.9. The van der Waals surface area contributed by atoms with E-state index < -0.39 is 5.92 Å². The number of carbonyl (C=O) groups is 1. The Bertz CT molecular complexity index is 429. The predicted molar refractivity (Wildman–Crippen MR) is 73.0 cm³/mol. The molecular weight excluding hydrogens is 224 g/mol. The second-order valence-corrected chi connectivity index (χ2v) is 4.79. The fourth-order valence-corrected chi connectivity index (χ4v) is 1.77. The Kier molecular flexibility index (Phi) is 5.38. The molecule has 0 radical (unpaired) electrons. The first-order chi connectivity index (χ1) is 8.58. The lowest BCUT2D eigenvalue weighted by Crippen LogP contribution is -2.25. The van der Waals surface area contributed by atoms with Gasteiger partial charge in [0.2, 0.25) is 5.91 Å². The Balaban J connectivity index is 2.67. The maximum Gasteiger partial charge on any atom is 0.241 e. The molecule has 1 atom stereocenters. The molecule has 0 heterocycles. The Labute approximate surface area is 109 Å². The third-order valence-electron chi connectivity index (χ3n) is 2.85. The monoisotopic (exact) mass is 244 g/mol. The smallest absolute Gasteiger partial charge is 0.241 e. The summed E-state index contributed by atoms with van der Waals surface area (Å²) in [5.41, 5.74) is 2.01. The largest absolute Gasteiger partial charge is 0.325 e. The number of nitrogens with one attached hydrogen (secondary N) is 1. The average molecular weight is 244 g/mol. The van der Waals surface area contributed by atoms with Crippen LogP contribution in [0.1, 0.15) is 32.8 Å². The number of nitriles is 1. The molecule has 0 bridgehead atoms. The lowest BCUT2D eigenvalue weighted by atomic mass is 9.96. The molecule has 1 rings (SSSR count). The van der Waals surface area contributed by atoms with Crippen molar-refractivity contribution >= 4 is 11.6 Å². The molecule has 0 spiro atoms. The van der Waals surface area contributed by atoms with Crippen LogP contribution in [0.3, 0.4) is 0 Å². The number of hydrogen-bond donors (Lipinski definition) is 1. The first-order valence-corrected chi connectivity index (χ1v) is 6.38. The van der Waals surface area contributed by atoms with E-state index in [0.717, 1.165) is 18.5 Å². The van der Waals surface area contributed by atoms with E-state index in [2.05, 4.69) is 12.2 Å². The SMILES string of the molecule is CCCc1ccc(NC(=O)C(C#N)C(C)C)cc1. The summed E-state index contributed by atoms with van der Waals surface area (Å²) in [5.74, 6) is -0.801. The summed E-state index contributed by atoms with van der Waals surface area (Å²) in [6.45, 7) is 5.88. The number of aryl methyl sites for hydroxylation is 1. The molecule has 3 nitrogen and oxygen atoms in total. The van der Waals surface area contributed by atoms with E-state index in [1.165, 1.54) is 5.56 Å². The van der Waals surface area contributed by atoms with Crippen LogP contribution in [-0.2, 0) is 11.2 Å². The van der Waals surface area contributed by atoms with Crippen molar-refractivity contribution in [1.29, 1.82) is 5.26 Å². The first-order valence-electron chi connectivity index (χ1n) is 6.38. The van der Waals surface area contributed by atoms with Gasteiger partial charge in [-0.25, -0.2) is 0 Å². The molecule has 1 N–H and O–H groups in total. The van der Waals surface area contributed by atoms with Crippen LogP contribution < -0.4 is 5.32 Å². The number of carbonyl (C=O) groups excluding carboxylic acids is 1. The van der Waals surface area contributed by atoms with Crippen LogP contribution in [0, 0.1) is 23.2 Å². The molecule has 0 aromatic heterocycles. The van der Waals surface area contributed by atoms with E-state index in [9.17, 15) is 4.79 Å². The number of rotatable bonds is 5. The summed E-state index contributed by atoms with van der Waals surface area (Å²) in [5, 5.41) is 11.7. The Morgan fingerprint density at radius 2 is 1.94 bits per heavy atom. The van der Waals surface area contributed by atoms with Gasteiger partial charge < -0.3 is 5.32 Å². The van der Waals surface area contributed by atoms with Crippen LogP contribution in [0.25, 0.3) is 0 Å². The molecule has 1 aromatic carbocycles. The third kappa shape index (κ3) is 3.89.